The van der Waals surface area contributed by atoms with Gasteiger partial charge in [0.15, 0.2) is 0 Å². The molecule has 6 heteroatoms. The van der Waals surface area contributed by atoms with E-state index in [4.69, 9.17) is 0 Å². The van der Waals surface area contributed by atoms with Gasteiger partial charge in [0.25, 0.3) is 0 Å². The standard InChI is InChI=1S/C18H23N3O.2ClH/c22-18(16-10-6-12-20-16)21-17(14-7-2-1-3-8-14)13-15-9-4-5-11-19-15;;/h1-5,7-9,11,15-17,19-20H,6,10,12-13H2,(H,21,22);2*1H/t15?,16-,17?;;/m0../s1. The predicted octanol–water partition coefficient (Wildman–Crippen LogP) is 2.87. The van der Waals surface area contributed by atoms with Crippen molar-refractivity contribution >= 4 is 30.7 Å². The molecule has 2 unspecified atom stereocenters. The molecule has 132 valence electrons. The molecule has 0 aliphatic carbocycles. The van der Waals surface area contributed by atoms with E-state index < -0.39 is 0 Å². The van der Waals surface area contributed by atoms with Crippen LogP contribution in [0, 0.1) is 0 Å². The molecule has 1 amide bonds. The first kappa shape index (κ1) is 20.6. The number of carbonyl (C=O) groups excluding carboxylic acids is 1. The molecule has 1 aromatic rings. The maximum atomic E-state index is 12.4. The van der Waals surface area contributed by atoms with Crippen molar-refractivity contribution in [3.63, 3.8) is 0 Å². The van der Waals surface area contributed by atoms with Crippen molar-refractivity contribution in [1.29, 1.82) is 0 Å². The Morgan fingerprint density at radius 3 is 2.62 bits per heavy atom. The van der Waals surface area contributed by atoms with Gasteiger partial charge in [-0.3, -0.25) is 4.79 Å². The fraction of sp³-hybridized carbons (Fsp3) is 0.389. The summed E-state index contributed by atoms with van der Waals surface area (Å²) in [6.07, 6.45) is 11.0. The first-order chi connectivity index (χ1) is 10.8. The SMILES string of the molecule is Cl.Cl.O=C(NC(CC1C=CC=CN1)c1ccccc1)[C@@H]1CCCN1. The van der Waals surface area contributed by atoms with E-state index in [0.29, 0.717) is 0 Å². The van der Waals surface area contributed by atoms with Crippen LogP contribution in [-0.2, 0) is 4.79 Å². The molecule has 0 bridgehead atoms. The third-order valence-electron chi connectivity index (χ3n) is 4.25. The smallest absolute Gasteiger partial charge is 0.237 e. The minimum Gasteiger partial charge on any atom is -0.385 e. The number of nitrogens with one attached hydrogen (secondary N) is 3. The minimum atomic E-state index is -0.0408. The number of halogens is 2. The maximum absolute atomic E-state index is 12.4. The Morgan fingerprint density at radius 2 is 2.00 bits per heavy atom. The monoisotopic (exact) mass is 369 g/mol. The molecule has 24 heavy (non-hydrogen) atoms. The minimum absolute atomic E-state index is 0. The third kappa shape index (κ3) is 5.55. The van der Waals surface area contributed by atoms with Crippen LogP contribution in [0.3, 0.4) is 0 Å². The second-order valence-electron chi connectivity index (χ2n) is 5.87. The van der Waals surface area contributed by atoms with Crippen molar-refractivity contribution < 1.29 is 4.79 Å². The molecule has 0 spiro atoms. The maximum Gasteiger partial charge on any atom is 0.237 e. The van der Waals surface area contributed by atoms with Crippen LogP contribution in [0.25, 0.3) is 0 Å². The summed E-state index contributed by atoms with van der Waals surface area (Å²) in [6.45, 7) is 0.936. The molecule has 0 aromatic heterocycles. The Morgan fingerprint density at radius 1 is 1.21 bits per heavy atom. The lowest BCUT2D eigenvalue weighted by molar-refractivity contribution is -0.123. The summed E-state index contributed by atoms with van der Waals surface area (Å²) < 4.78 is 0. The normalized spacial score (nSPS) is 22.7. The molecule has 3 rings (SSSR count). The number of benzene rings is 1. The van der Waals surface area contributed by atoms with Gasteiger partial charge in [0.2, 0.25) is 5.91 Å². The number of hydrogen-bond donors (Lipinski definition) is 3. The molecule has 2 heterocycles. The van der Waals surface area contributed by atoms with Crippen LogP contribution in [0.5, 0.6) is 0 Å². The number of amides is 1. The number of carbonyl (C=O) groups is 1. The lowest BCUT2D eigenvalue weighted by Gasteiger charge is -2.26. The van der Waals surface area contributed by atoms with Gasteiger partial charge in [-0.1, -0.05) is 42.5 Å². The van der Waals surface area contributed by atoms with Gasteiger partial charge in [0.1, 0.15) is 0 Å². The summed E-state index contributed by atoms with van der Waals surface area (Å²) in [5, 5.41) is 9.81. The molecule has 0 radical (unpaired) electrons. The first-order valence-electron chi connectivity index (χ1n) is 8.01. The van der Waals surface area contributed by atoms with Crippen LogP contribution in [0.1, 0.15) is 30.9 Å². The van der Waals surface area contributed by atoms with E-state index in [1.165, 1.54) is 0 Å². The highest BCUT2D eigenvalue weighted by Gasteiger charge is 2.25. The van der Waals surface area contributed by atoms with E-state index in [1.54, 1.807) is 0 Å². The Balaban J connectivity index is 0.00000144. The summed E-state index contributed by atoms with van der Waals surface area (Å²) in [6, 6.07) is 10.4. The lowest BCUT2D eigenvalue weighted by Crippen LogP contribution is -2.43. The largest absolute Gasteiger partial charge is 0.385 e. The summed E-state index contributed by atoms with van der Waals surface area (Å²) >= 11 is 0. The Hall–Kier alpha value is -1.49. The van der Waals surface area contributed by atoms with E-state index >= 15 is 0 Å². The predicted molar refractivity (Wildman–Crippen MR) is 103 cm³/mol. The molecule has 2 aliphatic heterocycles. The van der Waals surface area contributed by atoms with Gasteiger partial charge < -0.3 is 16.0 Å². The Kier molecular flexibility index (Phi) is 8.90. The van der Waals surface area contributed by atoms with Crippen molar-refractivity contribution in [2.45, 2.75) is 37.4 Å². The summed E-state index contributed by atoms with van der Waals surface area (Å²) in [5.74, 6) is 0.113. The topological polar surface area (TPSA) is 53.2 Å². The highest BCUT2D eigenvalue weighted by atomic mass is 35.5. The number of rotatable bonds is 5. The molecular formula is C18H25Cl2N3O. The van der Waals surface area contributed by atoms with E-state index in [1.807, 2.05) is 36.6 Å². The van der Waals surface area contributed by atoms with Crippen LogP contribution in [0.15, 0.2) is 54.8 Å². The van der Waals surface area contributed by atoms with E-state index in [9.17, 15) is 4.79 Å². The molecule has 1 fully saturated rings. The Labute approximate surface area is 156 Å². The van der Waals surface area contributed by atoms with Gasteiger partial charge in [0, 0.05) is 6.04 Å². The Bertz CT molecular complexity index is 557. The fourth-order valence-corrected chi connectivity index (χ4v) is 3.03. The van der Waals surface area contributed by atoms with Gasteiger partial charge in [-0.15, -0.1) is 24.8 Å². The van der Waals surface area contributed by atoms with Crippen LogP contribution >= 0.6 is 24.8 Å². The van der Waals surface area contributed by atoms with Gasteiger partial charge in [-0.05, 0) is 43.6 Å². The quantitative estimate of drug-likeness (QED) is 0.747. The highest BCUT2D eigenvalue weighted by Crippen LogP contribution is 2.20. The van der Waals surface area contributed by atoms with E-state index in [0.717, 1.165) is 31.4 Å². The average Bonchev–Trinajstić information content (AvgIpc) is 3.11. The second-order valence-corrected chi connectivity index (χ2v) is 5.87. The van der Waals surface area contributed by atoms with E-state index in [2.05, 4.69) is 34.2 Å². The van der Waals surface area contributed by atoms with Crippen molar-refractivity contribution in [3.05, 3.63) is 60.3 Å². The number of hydrogen-bond acceptors (Lipinski definition) is 3. The van der Waals surface area contributed by atoms with E-state index in [-0.39, 0.29) is 48.8 Å². The fourth-order valence-electron chi connectivity index (χ4n) is 3.03. The summed E-state index contributed by atoms with van der Waals surface area (Å²) in [7, 11) is 0. The average molecular weight is 370 g/mol. The first-order valence-corrected chi connectivity index (χ1v) is 8.01. The zero-order chi connectivity index (χ0) is 15.2. The second kappa shape index (κ2) is 10.4. The molecule has 2 aliphatic rings. The number of dihydropyridines is 1. The summed E-state index contributed by atoms with van der Waals surface area (Å²) in [5.41, 5.74) is 1.15. The molecule has 3 atom stereocenters. The van der Waals surface area contributed by atoms with Crippen molar-refractivity contribution in [2.24, 2.45) is 0 Å². The van der Waals surface area contributed by atoms with Crippen LogP contribution in [0.4, 0.5) is 0 Å². The van der Waals surface area contributed by atoms with Gasteiger partial charge in [-0.2, -0.15) is 0 Å². The van der Waals surface area contributed by atoms with Crippen LogP contribution < -0.4 is 16.0 Å². The third-order valence-corrected chi connectivity index (χ3v) is 4.25. The molecule has 1 saturated heterocycles. The number of allylic oxidation sites excluding steroid dienone is 2. The van der Waals surface area contributed by atoms with Crippen LogP contribution in [-0.4, -0.2) is 24.5 Å². The van der Waals surface area contributed by atoms with Crippen molar-refractivity contribution in [1.82, 2.24) is 16.0 Å². The molecule has 1 aromatic carbocycles. The lowest BCUT2D eigenvalue weighted by atomic mass is 9.97. The van der Waals surface area contributed by atoms with Crippen molar-refractivity contribution in [3.8, 4) is 0 Å². The molecule has 4 nitrogen and oxygen atoms in total. The van der Waals surface area contributed by atoms with Gasteiger partial charge in [-0.25, -0.2) is 0 Å². The zero-order valence-corrected chi connectivity index (χ0v) is 15.1. The van der Waals surface area contributed by atoms with Crippen molar-refractivity contribution in [2.75, 3.05) is 6.54 Å². The van der Waals surface area contributed by atoms with Crippen LogP contribution in [0.2, 0.25) is 0 Å². The highest BCUT2D eigenvalue weighted by molar-refractivity contribution is 5.85. The molecule has 0 saturated carbocycles. The molecular weight excluding hydrogens is 345 g/mol. The van der Waals surface area contributed by atoms with Gasteiger partial charge in [0.05, 0.1) is 12.1 Å². The molecule has 3 N–H and O–H groups in total. The van der Waals surface area contributed by atoms with Gasteiger partial charge >= 0.3 is 0 Å². The zero-order valence-electron chi connectivity index (χ0n) is 13.5. The summed E-state index contributed by atoms with van der Waals surface area (Å²) in [4.78, 5) is 12.4.